The third-order valence-electron chi connectivity index (χ3n) is 2.53. The summed E-state index contributed by atoms with van der Waals surface area (Å²) in [4.78, 5) is 16.2. The van der Waals surface area contributed by atoms with Gasteiger partial charge in [-0.25, -0.2) is 0 Å². The van der Waals surface area contributed by atoms with Crippen molar-refractivity contribution in [2.24, 2.45) is 7.05 Å². The molecule has 0 spiro atoms. The fourth-order valence-electron chi connectivity index (χ4n) is 1.51. The fraction of sp³-hybridized carbons (Fsp3) is 0.167. The number of nitrogen functional groups attached to an aromatic ring is 1. The lowest BCUT2D eigenvalue weighted by atomic mass is 10.1. The lowest BCUT2D eigenvalue weighted by molar-refractivity contribution is 0.861. The molecule has 0 aromatic carbocycles. The quantitative estimate of drug-likeness (QED) is 0.780. The zero-order chi connectivity index (χ0) is 11.7. The van der Waals surface area contributed by atoms with Crippen molar-refractivity contribution in [1.82, 2.24) is 9.55 Å². The molecule has 0 aliphatic heterocycles. The van der Waals surface area contributed by atoms with Gasteiger partial charge in [0.15, 0.2) is 0 Å². The fourth-order valence-corrected chi connectivity index (χ4v) is 1.51. The van der Waals surface area contributed by atoms with Crippen molar-refractivity contribution in [3.05, 3.63) is 46.5 Å². The molecule has 0 fully saturated rings. The second-order valence-corrected chi connectivity index (χ2v) is 3.71. The van der Waals surface area contributed by atoms with E-state index in [1.807, 2.05) is 13.0 Å². The van der Waals surface area contributed by atoms with E-state index in [0.29, 0.717) is 16.9 Å². The minimum absolute atomic E-state index is 0.0563. The lowest BCUT2D eigenvalue weighted by Gasteiger charge is -2.05. The van der Waals surface area contributed by atoms with Crippen molar-refractivity contribution in [2.45, 2.75) is 6.92 Å². The van der Waals surface area contributed by atoms with Gasteiger partial charge in [-0.05, 0) is 31.2 Å². The van der Waals surface area contributed by atoms with Gasteiger partial charge in [0.1, 0.15) is 0 Å². The Morgan fingerprint density at radius 3 is 2.75 bits per heavy atom. The van der Waals surface area contributed by atoms with Crippen LogP contribution in [0, 0.1) is 6.92 Å². The summed E-state index contributed by atoms with van der Waals surface area (Å²) in [5.41, 5.74) is 8.26. The molecule has 0 atom stereocenters. The highest BCUT2D eigenvalue weighted by Crippen LogP contribution is 2.16. The number of aryl methyl sites for hydroxylation is 2. The molecule has 2 N–H and O–H groups in total. The van der Waals surface area contributed by atoms with E-state index in [1.54, 1.807) is 31.4 Å². The summed E-state index contributed by atoms with van der Waals surface area (Å²) in [5, 5.41) is 0. The minimum atomic E-state index is -0.0563. The van der Waals surface area contributed by atoms with Crippen molar-refractivity contribution in [3.63, 3.8) is 0 Å². The maximum Gasteiger partial charge on any atom is 0.259 e. The summed E-state index contributed by atoms with van der Waals surface area (Å²) in [6.45, 7) is 1.83. The Labute approximate surface area is 93.4 Å². The molecule has 82 valence electrons. The second kappa shape index (κ2) is 3.81. The summed E-state index contributed by atoms with van der Waals surface area (Å²) in [5.74, 6) is 0. The van der Waals surface area contributed by atoms with E-state index in [1.165, 1.54) is 4.57 Å². The first kappa shape index (κ1) is 10.4. The van der Waals surface area contributed by atoms with E-state index >= 15 is 0 Å². The molecular formula is C12H13N3O. The molecule has 0 amide bonds. The third kappa shape index (κ3) is 1.69. The molecule has 2 aromatic rings. The van der Waals surface area contributed by atoms with Crippen LogP contribution >= 0.6 is 0 Å². The maximum absolute atomic E-state index is 11.9. The number of aromatic nitrogens is 2. The van der Waals surface area contributed by atoms with Crippen LogP contribution in [0.25, 0.3) is 11.3 Å². The number of nitrogens with two attached hydrogens (primary N) is 1. The highest BCUT2D eigenvalue weighted by molar-refractivity contribution is 5.60. The van der Waals surface area contributed by atoms with Crippen LogP contribution in [0.4, 0.5) is 5.69 Å². The molecule has 0 unspecified atom stereocenters. The van der Waals surface area contributed by atoms with Gasteiger partial charge in [-0.3, -0.25) is 9.78 Å². The van der Waals surface area contributed by atoms with Crippen molar-refractivity contribution >= 4 is 5.69 Å². The number of rotatable bonds is 1. The summed E-state index contributed by atoms with van der Waals surface area (Å²) >= 11 is 0. The van der Waals surface area contributed by atoms with Gasteiger partial charge in [0.05, 0.1) is 22.6 Å². The van der Waals surface area contributed by atoms with Crippen LogP contribution in [-0.4, -0.2) is 9.55 Å². The molecule has 0 radical (unpaired) electrons. The average Bonchev–Trinajstić information content (AvgIpc) is 2.26. The van der Waals surface area contributed by atoms with Gasteiger partial charge in [-0.2, -0.15) is 0 Å². The van der Waals surface area contributed by atoms with Crippen molar-refractivity contribution in [3.8, 4) is 11.3 Å². The highest BCUT2D eigenvalue weighted by atomic mass is 16.1. The molecule has 2 rings (SSSR count). The van der Waals surface area contributed by atoms with Gasteiger partial charge in [0, 0.05) is 13.2 Å². The minimum Gasteiger partial charge on any atom is -0.397 e. The molecule has 4 nitrogen and oxygen atoms in total. The third-order valence-corrected chi connectivity index (χ3v) is 2.53. The smallest absolute Gasteiger partial charge is 0.259 e. The monoisotopic (exact) mass is 215 g/mol. The molecule has 4 heteroatoms. The van der Waals surface area contributed by atoms with Crippen LogP contribution in [-0.2, 0) is 7.05 Å². The Balaban J connectivity index is 2.64. The predicted octanol–water partition coefficient (Wildman–Crippen LogP) is 1.34. The first-order chi connectivity index (χ1) is 7.59. The molecular weight excluding hydrogens is 202 g/mol. The molecule has 2 heterocycles. The average molecular weight is 215 g/mol. The summed E-state index contributed by atoms with van der Waals surface area (Å²) in [7, 11) is 1.72. The molecule has 2 aromatic heterocycles. The molecule has 0 aliphatic rings. The zero-order valence-electron chi connectivity index (χ0n) is 9.27. The van der Waals surface area contributed by atoms with Crippen LogP contribution in [0.2, 0.25) is 0 Å². The van der Waals surface area contributed by atoms with Crippen molar-refractivity contribution in [1.29, 1.82) is 0 Å². The van der Waals surface area contributed by atoms with Crippen LogP contribution in [0.5, 0.6) is 0 Å². The van der Waals surface area contributed by atoms with E-state index in [2.05, 4.69) is 4.98 Å². The first-order valence-corrected chi connectivity index (χ1v) is 4.99. The summed E-state index contributed by atoms with van der Waals surface area (Å²) in [6.07, 6.45) is 1.72. The van der Waals surface area contributed by atoms with Gasteiger partial charge < -0.3 is 10.3 Å². The van der Waals surface area contributed by atoms with Gasteiger partial charge in [-0.15, -0.1) is 0 Å². The van der Waals surface area contributed by atoms with Crippen molar-refractivity contribution in [2.75, 3.05) is 5.73 Å². The lowest BCUT2D eigenvalue weighted by Crippen LogP contribution is -2.17. The standard InChI is InChI=1S/C12H13N3O/c1-8-10(13)5-6-11(14-8)9-4-3-7-15(2)12(9)16/h3-7H,13H2,1-2H3. The summed E-state index contributed by atoms with van der Waals surface area (Å²) < 4.78 is 1.53. The van der Waals surface area contributed by atoms with Gasteiger partial charge >= 0.3 is 0 Å². The van der Waals surface area contributed by atoms with E-state index < -0.39 is 0 Å². The maximum atomic E-state index is 11.9. The highest BCUT2D eigenvalue weighted by Gasteiger charge is 2.06. The molecule has 0 aliphatic carbocycles. The van der Waals surface area contributed by atoms with Gasteiger partial charge in [0.2, 0.25) is 0 Å². The Morgan fingerprint density at radius 2 is 2.06 bits per heavy atom. The first-order valence-electron chi connectivity index (χ1n) is 4.99. The van der Waals surface area contributed by atoms with E-state index in [-0.39, 0.29) is 5.56 Å². The number of pyridine rings is 2. The normalized spacial score (nSPS) is 10.4. The van der Waals surface area contributed by atoms with Crippen LogP contribution in [0.15, 0.2) is 35.3 Å². The zero-order valence-corrected chi connectivity index (χ0v) is 9.27. The van der Waals surface area contributed by atoms with Gasteiger partial charge in [0.25, 0.3) is 5.56 Å². The SMILES string of the molecule is Cc1nc(-c2cccn(C)c2=O)ccc1N. The van der Waals surface area contributed by atoms with Crippen LogP contribution in [0.3, 0.4) is 0 Å². The Hall–Kier alpha value is -2.10. The Morgan fingerprint density at radius 1 is 1.31 bits per heavy atom. The molecule has 16 heavy (non-hydrogen) atoms. The molecule has 0 saturated carbocycles. The summed E-state index contributed by atoms with van der Waals surface area (Å²) in [6, 6.07) is 7.12. The Bertz CT molecular complexity index is 587. The van der Waals surface area contributed by atoms with E-state index in [0.717, 1.165) is 5.69 Å². The number of hydrogen-bond donors (Lipinski definition) is 1. The second-order valence-electron chi connectivity index (χ2n) is 3.71. The number of hydrogen-bond acceptors (Lipinski definition) is 3. The van der Waals surface area contributed by atoms with Crippen LogP contribution in [0.1, 0.15) is 5.69 Å². The van der Waals surface area contributed by atoms with Crippen molar-refractivity contribution < 1.29 is 0 Å². The van der Waals surface area contributed by atoms with E-state index in [9.17, 15) is 4.79 Å². The predicted molar refractivity (Wildman–Crippen MR) is 64.1 cm³/mol. The molecule has 0 bridgehead atoms. The largest absolute Gasteiger partial charge is 0.397 e. The Kier molecular flexibility index (Phi) is 2.48. The molecule has 0 saturated heterocycles. The van der Waals surface area contributed by atoms with E-state index in [4.69, 9.17) is 5.73 Å². The topological polar surface area (TPSA) is 60.9 Å². The van der Waals surface area contributed by atoms with Crippen LogP contribution < -0.4 is 11.3 Å². The number of nitrogens with zero attached hydrogens (tertiary/aromatic N) is 2. The van der Waals surface area contributed by atoms with Gasteiger partial charge in [-0.1, -0.05) is 0 Å². The number of anilines is 1.